The average molecular weight is 520 g/mol. The van der Waals surface area contributed by atoms with Crippen LogP contribution < -0.4 is 16.0 Å². The summed E-state index contributed by atoms with van der Waals surface area (Å²) in [6, 6.07) is -0.377. The quantitative estimate of drug-likeness (QED) is 0.223. The van der Waals surface area contributed by atoms with Crippen LogP contribution in [0, 0.1) is 5.92 Å². The molecule has 0 bridgehead atoms. The smallest absolute Gasteiger partial charge is 0.322 e. The molecule has 0 saturated carbocycles. The molecule has 3 aliphatic rings. The van der Waals surface area contributed by atoms with Crippen molar-refractivity contribution in [3.05, 3.63) is 0 Å². The lowest BCUT2D eigenvalue weighted by Gasteiger charge is -2.39. The molecule has 0 radical (unpaired) electrons. The fourth-order valence-electron chi connectivity index (χ4n) is 4.60. The highest BCUT2D eigenvalue weighted by Gasteiger charge is 2.48. The number of nitrogens with one attached hydrogen (secondary N) is 3. The number of amides is 3. The van der Waals surface area contributed by atoms with Crippen LogP contribution in [-0.2, 0) is 4.79 Å². The zero-order valence-electron chi connectivity index (χ0n) is 17.8. The summed E-state index contributed by atoms with van der Waals surface area (Å²) in [6.45, 7) is 10.7. The van der Waals surface area contributed by atoms with E-state index in [0.29, 0.717) is 0 Å². The summed E-state index contributed by atoms with van der Waals surface area (Å²) >= 11 is 0. The van der Waals surface area contributed by atoms with E-state index in [9.17, 15) is 9.59 Å². The van der Waals surface area contributed by atoms with Crippen LogP contribution in [0.3, 0.4) is 0 Å². The SMILES string of the molecule is CCNC(=NCCN1CCCCCC1)N1CCC(C2(C)NC(=O)NC2=O)CC1.I. The first-order valence-electron chi connectivity index (χ1n) is 10.9. The lowest BCUT2D eigenvalue weighted by Crippen LogP contribution is -2.55. The number of carbonyl (C=O) groups is 2. The van der Waals surface area contributed by atoms with Crippen molar-refractivity contribution < 1.29 is 9.59 Å². The minimum absolute atomic E-state index is 0. The van der Waals surface area contributed by atoms with Crippen LogP contribution in [-0.4, -0.2) is 79.0 Å². The number of halogens is 1. The van der Waals surface area contributed by atoms with E-state index in [-0.39, 0.29) is 41.8 Å². The van der Waals surface area contributed by atoms with Crippen LogP contribution in [0.15, 0.2) is 4.99 Å². The molecule has 166 valence electrons. The van der Waals surface area contributed by atoms with Crippen molar-refractivity contribution in [2.45, 2.75) is 57.9 Å². The summed E-state index contributed by atoms with van der Waals surface area (Å²) in [5, 5.41) is 8.62. The highest BCUT2D eigenvalue weighted by molar-refractivity contribution is 14.0. The Kier molecular flexibility index (Phi) is 9.45. The largest absolute Gasteiger partial charge is 0.357 e. The molecule has 0 spiro atoms. The highest BCUT2D eigenvalue weighted by atomic mass is 127. The number of nitrogens with zero attached hydrogens (tertiary/aromatic N) is 3. The molecule has 3 saturated heterocycles. The van der Waals surface area contributed by atoms with Gasteiger partial charge in [-0.2, -0.15) is 0 Å². The van der Waals surface area contributed by atoms with Crippen molar-refractivity contribution in [3.8, 4) is 0 Å². The van der Waals surface area contributed by atoms with Gasteiger partial charge in [-0.25, -0.2) is 4.79 Å². The first kappa shape index (κ1) is 24.2. The van der Waals surface area contributed by atoms with Gasteiger partial charge >= 0.3 is 6.03 Å². The Labute approximate surface area is 191 Å². The second-order valence-corrected chi connectivity index (χ2v) is 8.36. The van der Waals surface area contributed by atoms with Crippen LogP contribution in [0.2, 0.25) is 0 Å². The average Bonchev–Trinajstić information content (AvgIpc) is 2.85. The van der Waals surface area contributed by atoms with E-state index < -0.39 is 5.54 Å². The van der Waals surface area contributed by atoms with Gasteiger partial charge in [-0.3, -0.25) is 15.1 Å². The fraction of sp³-hybridized carbons (Fsp3) is 0.850. The molecule has 1 atom stereocenters. The minimum atomic E-state index is -0.786. The zero-order chi connectivity index (χ0) is 20.0. The number of hydrogen-bond donors (Lipinski definition) is 3. The van der Waals surface area contributed by atoms with Crippen LogP contribution in [0.1, 0.15) is 52.4 Å². The van der Waals surface area contributed by atoms with E-state index in [1.807, 2.05) is 6.92 Å². The first-order chi connectivity index (χ1) is 13.5. The molecule has 3 fully saturated rings. The topological polar surface area (TPSA) is 89.1 Å². The molecule has 3 aliphatic heterocycles. The molecule has 0 aromatic carbocycles. The van der Waals surface area contributed by atoms with Crippen LogP contribution in [0.4, 0.5) is 4.79 Å². The molecular formula is C20H37IN6O2. The number of carbonyl (C=O) groups excluding carboxylic acids is 2. The predicted octanol–water partition coefficient (Wildman–Crippen LogP) is 1.76. The van der Waals surface area contributed by atoms with Crippen molar-refractivity contribution in [2.24, 2.45) is 10.9 Å². The maximum absolute atomic E-state index is 12.2. The van der Waals surface area contributed by atoms with Gasteiger partial charge in [-0.1, -0.05) is 12.8 Å². The molecule has 3 heterocycles. The highest BCUT2D eigenvalue weighted by Crippen LogP contribution is 2.30. The number of likely N-dealkylation sites (tertiary alicyclic amines) is 2. The number of imide groups is 1. The van der Waals surface area contributed by atoms with Crippen LogP contribution in [0.25, 0.3) is 0 Å². The third-order valence-electron chi connectivity index (χ3n) is 6.39. The summed E-state index contributed by atoms with van der Waals surface area (Å²) in [5.41, 5.74) is -0.786. The summed E-state index contributed by atoms with van der Waals surface area (Å²) in [6.07, 6.45) is 7.05. The fourth-order valence-corrected chi connectivity index (χ4v) is 4.60. The van der Waals surface area contributed by atoms with Crippen molar-refractivity contribution in [1.82, 2.24) is 25.8 Å². The molecule has 8 nitrogen and oxygen atoms in total. The van der Waals surface area contributed by atoms with Crippen molar-refractivity contribution in [2.75, 3.05) is 45.8 Å². The molecule has 3 N–H and O–H groups in total. The zero-order valence-corrected chi connectivity index (χ0v) is 20.2. The number of urea groups is 1. The second-order valence-electron chi connectivity index (χ2n) is 8.36. The number of guanidine groups is 1. The van der Waals surface area contributed by atoms with Crippen molar-refractivity contribution >= 4 is 41.9 Å². The molecule has 0 aliphatic carbocycles. The van der Waals surface area contributed by atoms with Gasteiger partial charge < -0.3 is 20.4 Å². The Morgan fingerprint density at radius 2 is 1.79 bits per heavy atom. The summed E-state index contributed by atoms with van der Waals surface area (Å²) in [5.74, 6) is 0.921. The molecule has 29 heavy (non-hydrogen) atoms. The van der Waals surface area contributed by atoms with Crippen molar-refractivity contribution in [1.29, 1.82) is 0 Å². The van der Waals surface area contributed by atoms with Gasteiger partial charge in [-0.05, 0) is 58.5 Å². The molecule has 9 heteroatoms. The van der Waals surface area contributed by atoms with Gasteiger partial charge in [0.2, 0.25) is 0 Å². The molecule has 0 aromatic heterocycles. The van der Waals surface area contributed by atoms with Crippen LogP contribution >= 0.6 is 24.0 Å². The van der Waals surface area contributed by atoms with E-state index in [0.717, 1.165) is 51.5 Å². The van der Waals surface area contributed by atoms with Gasteiger partial charge in [0.25, 0.3) is 5.91 Å². The third-order valence-corrected chi connectivity index (χ3v) is 6.39. The van der Waals surface area contributed by atoms with E-state index in [1.165, 1.54) is 38.8 Å². The summed E-state index contributed by atoms with van der Waals surface area (Å²) < 4.78 is 0. The standard InChI is InChI=1S/C20H36N6O2.HI/c1-3-21-18(22-10-15-25-11-6-4-5-7-12-25)26-13-8-16(9-14-26)20(2)17(27)23-19(28)24-20;/h16H,3-15H2,1-2H3,(H,21,22)(H2,23,24,27,28);1H. The summed E-state index contributed by atoms with van der Waals surface area (Å²) in [7, 11) is 0. The van der Waals surface area contributed by atoms with Gasteiger partial charge in [0.15, 0.2) is 5.96 Å². The van der Waals surface area contributed by atoms with Crippen LogP contribution in [0.5, 0.6) is 0 Å². The maximum Gasteiger partial charge on any atom is 0.322 e. The lowest BCUT2D eigenvalue weighted by molar-refractivity contribution is -0.125. The van der Waals surface area contributed by atoms with Gasteiger partial charge in [-0.15, -0.1) is 24.0 Å². The Morgan fingerprint density at radius 1 is 1.14 bits per heavy atom. The number of aliphatic imine (C=N–C) groups is 1. The third kappa shape index (κ3) is 6.19. The van der Waals surface area contributed by atoms with Gasteiger partial charge in [0.1, 0.15) is 5.54 Å². The molecule has 0 aromatic rings. The second kappa shape index (κ2) is 11.3. The number of piperidine rings is 1. The Bertz CT molecular complexity index is 586. The van der Waals surface area contributed by atoms with E-state index >= 15 is 0 Å². The lowest BCUT2D eigenvalue weighted by atomic mass is 9.79. The Balaban J connectivity index is 0.00000300. The maximum atomic E-state index is 12.2. The Hall–Kier alpha value is -1.10. The van der Waals surface area contributed by atoms with E-state index in [1.54, 1.807) is 0 Å². The van der Waals surface area contributed by atoms with Gasteiger partial charge in [0, 0.05) is 26.2 Å². The molecular weight excluding hydrogens is 483 g/mol. The van der Waals surface area contributed by atoms with Gasteiger partial charge in [0.05, 0.1) is 6.54 Å². The molecule has 3 amide bonds. The molecule has 1 unspecified atom stereocenters. The van der Waals surface area contributed by atoms with Crippen molar-refractivity contribution in [3.63, 3.8) is 0 Å². The number of rotatable bonds is 5. The minimum Gasteiger partial charge on any atom is -0.357 e. The Morgan fingerprint density at radius 3 is 2.34 bits per heavy atom. The monoisotopic (exact) mass is 520 g/mol. The molecule has 3 rings (SSSR count). The normalized spacial score (nSPS) is 27.1. The first-order valence-corrected chi connectivity index (χ1v) is 10.9. The predicted molar refractivity (Wildman–Crippen MR) is 126 cm³/mol. The van der Waals surface area contributed by atoms with E-state index in [2.05, 4.69) is 32.7 Å². The number of hydrogen-bond acceptors (Lipinski definition) is 4. The van der Waals surface area contributed by atoms with E-state index in [4.69, 9.17) is 4.99 Å². The summed E-state index contributed by atoms with van der Waals surface area (Å²) in [4.78, 5) is 33.4.